The quantitative estimate of drug-likeness (QED) is 0.287. The summed E-state index contributed by atoms with van der Waals surface area (Å²) in [5.41, 5.74) is 2.75. The van der Waals surface area contributed by atoms with Crippen LogP contribution in [0.15, 0.2) is 53.4 Å². The summed E-state index contributed by atoms with van der Waals surface area (Å²) in [4.78, 5) is 14.3. The lowest BCUT2D eigenvalue weighted by Crippen LogP contribution is -2.65. The molecule has 1 fully saturated rings. The Labute approximate surface area is 199 Å². The van der Waals surface area contributed by atoms with Gasteiger partial charge < -0.3 is 14.4 Å². The van der Waals surface area contributed by atoms with Crippen LogP contribution in [0.5, 0.6) is 11.5 Å². The van der Waals surface area contributed by atoms with Gasteiger partial charge in [0.25, 0.3) is 10.1 Å². The van der Waals surface area contributed by atoms with Crippen molar-refractivity contribution in [3.8, 4) is 11.5 Å². The molecule has 0 unspecified atom stereocenters. The van der Waals surface area contributed by atoms with Gasteiger partial charge in [0.2, 0.25) is 0 Å². The molecule has 4 aliphatic rings. The molecule has 2 heterocycles. The van der Waals surface area contributed by atoms with Gasteiger partial charge in [-0.25, -0.2) is 0 Å². The number of likely N-dealkylation sites (tertiary alicyclic amines) is 1. The van der Waals surface area contributed by atoms with Crippen molar-refractivity contribution in [1.29, 1.82) is 0 Å². The molecule has 2 aromatic carbocycles. The molecule has 0 amide bonds. The van der Waals surface area contributed by atoms with Crippen molar-refractivity contribution in [2.24, 2.45) is 5.92 Å². The molecular weight excluding hydrogens is 454 g/mol. The molecule has 7 nitrogen and oxygen atoms in total. The van der Waals surface area contributed by atoms with E-state index in [0.29, 0.717) is 11.5 Å². The zero-order chi connectivity index (χ0) is 23.8. The number of hydrogen-bond acceptors (Lipinski definition) is 7. The van der Waals surface area contributed by atoms with Gasteiger partial charge in [-0.05, 0) is 57.1 Å². The first-order chi connectivity index (χ1) is 16.2. The Bertz CT molecular complexity index is 1320. The Hall–Kier alpha value is -2.68. The van der Waals surface area contributed by atoms with E-state index in [1.165, 1.54) is 6.92 Å². The van der Waals surface area contributed by atoms with Gasteiger partial charge in [-0.15, -0.1) is 0 Å². The van der Waals surface area contributed by atoms with Gasteiger partial charge in [-0.2, -0.15) is 8.42 Å². The lowest BCUT2D eigenvalue weighted by molar-refractivity contribution is -0.132. The van der Waals surface area contributed by atoms with Crippen LogP contribution >= 0.6 is 0 Å². The number of esters is 1. The molecule has 0 saturated carbocycles. The molecule has 8 heteroatoms. The highest BCUT2D eigenvalue weighted by Gasteiger charge is 2.65. The molecule has 2 aromatic rings. The van der Waals surface area contributed by atoms with Gasteiger partial charge in [0, 0.05) is 29.9 Å². The topological polar surface area (TPSA) is 82.1 Å². The smallest absolute Gasteiger partial charge is 0.308 e. The second kappa shape index (κ2) is 7.41. The zero-order valence-corrected chi connectivity index (χ0v) is 20.2. The maximum absolute atomic E-state index is 13.2. The number of piperidine rings is 1. The van der Waals surface area contributed by atoms with Crippen LogP contribution in [0.1, 0.15) is 30.0 Å². The maximum Gasteiger partial charge on any atom is 0.308 e. The van der Waals surface area contributed by atoms with Crippen molar-refractivity contribution in [3.63, 3.8) is 0 Å². The van der Waals surface area contributed by atoms with E-state index in [2.05, 4.69) is 18.0 Å². The molecule has 0 radical (unpaired) electrons. The largest absolute Gasteiger partial charge is 0.482 e. The highest BCUT2D eigenvalue weighted by atomic mass is 32.2. The SMILES string of the molecule is CC(=O)Oc1ccc2c3c1O[C@H]1[C@@H](OS(=O)(=O)c4ccc(C)cc4)C=C[C@H]4[C@@H](C2)N(C)CC[C@@]341. The Morgan fingerprint density at radius 2 is 1.91 bits per heavy atom. The first-order valence-electron chi connectivity index (χ1n) is 11.6. The van der Waals surface area contributed by atoms with E-state index < -0.39 is 33.7 Å². The Balaban J connectivity index is 1.46. The number of likely N-dealkylation sites (N-methyl/N-ethyl adjacent to an activating group) is 1. The fraction of sp³-hybridized carbons (Fsp3) is 0.423. The minimum absolute atomic E-state index is 0.118. The third-order valence-corrected chi connectivity index (χ3v) is 9.24. The number of aryl methyl sites for hydroxylation is 1. The molecule has 0 aromatic heterocycles. The number of hydrogen-bond donors (Lipinski definition) is 0. The van der Waals surface area contributed by atoms with Crippen molar-refractivity contribution in [1.82, 2.24) is 4.90 Å². The summed E-state index contributed by atoms with van der Waals surface area (Å²) in [6.07, 6.45) is 4.28. The predicted molar refractivity (Wildman–Crippen MR) is 124 cm³/mol. The highest BCUT2D eigenvalue weighted by molar-refractivity contribution is 7.86. The molecule has 0 N–H and O–H groups in total. The zero-order valence-electron chi connectivity index (χ0n) is 19.4. The summed E-state index contributed by atoms with van der Waals surface area (Å²) in [5, 5.41) is 0. The molecule has 1 saturated heterocycles. The fourth-order valence-electron chi connectivity index (χ4n) is 6.43. The average molecular weight is 482 g/mol. The van der Waals surface area contributed by atoms with Gasteiger partial charge in [-0.1, -0.05) is 35.9 Å². The summed E-state index contributed by atoms with van der Waals surface area (Å²) in [7, 11) is -1.87. The number of nitrogens with zero attached hydrogens (tertiary/aromatic N) is 1. The van der Waals surface area contributed by atoms with Gasteiger partial charge in [-0.3, -0.25) is 8.98 Å². The second-order valence-electron chi connectivity index (χ2n) is 9.84. The van der Waals surface area contributed by atoms with Crippen molar-refractivity contribution >= 4 is 16.1 Å². The van der Waals surface area contributed by atoms with Crippen LogP contribution < -0.4 is 9.47 Å². The van der Waals surface area contributed by atoms with E-state index in [4.69, 9.17) is 13.7 Å². The molecule has 1 spiro atoms. The van der Waals surface area contributed by atoms with Gasteiger partial charge in [0.05, 0.1) is 4.90 Å². The van der Waals surface area contributed by atoms with Crippen LogP contribution in [0.3, 0.4) is 0 Å². The molecule has 6 rings (SSSR count). The third-order valence-electron chi connectivity index (χ3n) is 7.92. The van der Waals surface area contributed by atoms with E-state index in [-0.39, 0.29) is 16.9 Å². The lowest BCUT2D eigenvalue weighted by atomic mass is 9.53. The van der Waals surface area contributed by atoms with Gasteiger partial charge in [0.1, 0.15) is 12.2 Å². The van der Waals surface area contributed by atoms with Crippen LogP contribution in [0, 0.1) is 12.8 Å². The third kappa shape index (κ3) is 3.01. The molecule has 2 bridgehead atoms. The van der Waals surface area contributed by atoms with Crippen LogP contribution in [0.2, 0.25) is 0 Å². The number of rotatable bonds is 4. The standard InChI is InChI=1S/C26H27NO6S/c1-15-4-7-18(8-5-15)34(29,30)33-22-11-9-19-20-14-17-6-10-21(31-16(2)28)24-23(17)26(19,25(22)32-24)12-13-27(20)3/h4-11,19-20,22,25H,12-14H2,1-3H3/t19-,20+,22-,25-,26-/m0/s1. The molecular formula is C26H27NO6S. The van der Waals surface area contributed by atoms with Crippen molar-refractivity contribution in [2.75, 3.05) is 13.6 Å². The van der Waals surface area contributed by atoms with E-state index in [1.807, 2.05) is 19.1 Å². The number of carbonyl (C=O) groups is 1. The summed E-state index contributed by atoms with van der Waals surface area (Å²) < 4.78 is 44.2. The van der Waals surface area contributed by atoms with Crippen molar-refractivity contribution < 1.29 is 26.9 Å². The van der Waals surface area contributed by atoms with Crippen LogP contribution in [-0.4, -0.2) is 51.1 Å². The Morgan fingerprint density at radius 3 is 2.65 bits per heavy atom. The first-order valence-corrected chi connectivity index (χ1v) is 13.0. The van der Waals surface area contributed by atoms with Gasteiger partial charge >= 0.3 is 5.97 Å². The predicted octanol–water partition coefficient (Wildman–Crippen LogP) is 3.14. The average Bonchev–Trinajstić information content (AvgIpc) is 3.14. The molecule has 5 atom stereocenters. The van der Waals surface area contributed by atoms with Crippen LogP contribution in [0.25, 0.3) is 0 Å². The minimum atomic E-state index is -4.01. The van der Waals surface area contributed by atoms with Gasteiger partial charge in [0.15, 0.2) is 11.5 Å². The second-order valence-corrected chi connectivity index (χ2v) is 11.4. The van der Waals surface area contributed by atoms with E-state index in [9.17, 15) is 13.2 Å². The summed E-state index contributed by atoms with van der Waals surface area (Å²) in [5.74, 6) is 0.662. The molecule has 2 aliphatic carbocycles. The van der Waals surface area contributed by atoms with Crippen molar-refractivity contribution in [3.05, 3.63) is 65.2 Å². The van der Waals surface area contributed by atoms with Crippen molar-refractivity contribution in [2.45, 2.75) is 55.2 Å². The highest BCUT2D eigenvalue weighted by Crippen LogP contribution is 2.62. The Kier molecular flexibility index (Phi) is 4.76. The van der Waals surface area contributed by atoms with E-state index in [0.717, 1.165) is 36.1 Å². The fourth-order valence-corrected chi connectivity index (χ4v) is 7.47. The van der Waals surface area contributed by atoms with E-state index >= 15 is 0 Å². The normalized spacial score (nSPS) is 31.0. The first kappa shape index (κ1) is 21.8. The summed E-state index contributed by atoms with van der Waals surface area (Å²) >= 11 is 0. The number of ether oxygens (including phenoxy) is 2. The van der Waals surface area contributed by atoms with Crippen LogP contribution in [-0.2, 0) is 30.9 Å². The van der Waals surface area contributed by atoms with E-state index in [1.54, 1.807) is 30.3 Å². The van der Waals surface area contributed by atoms with Crippen LogP contribution in [0.4, 0.5) is 0 Å². The number of carbonyl (C=O) groups excluding carboxylic acids is 1. The Morgan fingerprint density at radius 1 is 1.15 bits per heavy atom. The molecule has 2 aliphatic heterocycles. The lowest BCUT2D eigenvalue weighted by Gasteiger charge is -2.56. The maximum atomic E-state index is 13.2. The summed E-state index contributed by atoms with van der Waals surface area (Å²) in [6.45, 7) is 4.13. The monoisotopic (exact) mass is 481 g/mol. The molecule has 178 valence electrons. The summed E-state index contributed by atoms with van der Waals surface area (Å²) in [6, 6.07) is 10.7. The number of benzene rings is 2. The molecule has 34 heavy (non-hydrogen) atoms. The minimum Gasteiger partial charge on any atom is -0.482 e.